The van der Waals surface area contributed by atoms with Crippen molar-refractivity contribution in [2.45, 2.75) is 81.8 Å². The minimum Gasteiger partial charge on any atom is -0.361 e. The molecule has 8 nitrogen and oxygen atoms in total. The summed E-state index contributed by atoms with van der Waals surface area (Å²) in [4.78, 5) is 31.3. The normalized spacial score (nSPS) is 21.9. The Kier molecular flexibility index (Phi) is 8.71. The summed E-state index contributed by atoms with van der Waals surface area (Å²) in [6, 6.07) is 27.4. The van der Waals surface area contributed by atoms with E-state index < -0.39 is 23.5 Å². The number of carbonyl (C=O) groups excluding carboxylic acids is 2. The van der Waals surface area contributed by atoms with Gasteiger partial charge in [-0.3, -0.25) is 4.79 Å². The predicted octanol–water partition coefficient (Wildman–Crippen LogP) is 6.29. The lowest BCUT2D eigenvalue weighted by atomic mass is 9.79. The Balaban J connectivity index is 1.24. The molecule has 3 aromatic carbocycles. The van der Waals surface area contributed by atoms with Crippen LogP contribution in [0.25, 0.3) is 10.9 Å². The highest BCUT2D eigenvalue weighted by atomic mass is 16.7. The van der Waals surface area contributed by atoms with Crippen molar-refractivity contribution in [3.8, 4) is 0 Å². The zero-order chi connectivity index (χ0) is 31.5. The molecular weight excluding hydrogens is 564 g/mol. The number of fused-ring (bicyclic) bond motifs is 1. The van der Waals surface area contributed by atoms with Gasteiger partial charge in [-0.25, -0.2) is 4.79 Å². The first kappa shape index (κ1) is 30.9. The molecule has 4 aromatic rings. The van der Waals surface area contributed by atoms with E-state index in [2.05, 4.69) is 45.2 Å². The van der Waals surface area contributed by atoms with Gasteiger partial charge < -0.3 is 30.4 Å². The quantitative estimate of drug-likeness (QED) is 0.179. The molecule has 3 amide bonds. The number of carbonyl (C=O) groups is 2. The Morgan fingerprint density at radius 1 is 0.933 bits per heavy atom. The molecule has 8 heteroatoms. The van der Waals surface area contributed by atoms with Gasteiger partial charge >= 0.3 is 6.03 Å². The average molecular weight is 609 g/mol. The zero-order valence-electron chi connectivity index (χ0n) is 26.4. The second kappa shape index (κ2) is 12.7. The summed E-state index contributed by atoms with van der Waals surface area (Å²) < 4.78 is 12.3. The number of hydrogen-bond acceptors (Lipinski definition) is 4. The highest BCUT2D eigenvalue weighted by Gasteiger charge is 2.43. The first-order chi connectivity index (χ1) is 21.7. The fourth-order valence-corrected chi connectivity index (χ4v) is 6.98. The molecular formula is C37H44N4O4. The smallest absolute Gasteiger partial charge is 0.315 e. The van der Waals surface area contributed by atoms with Crippen LogP contribution in [0.2, 0.25) is 0 Å². The number of nitrogens with one attached hydrogen (secondary N) is 4. The van der Waals surface area contributed by atoms with Gasteiger partial charge in [-0.05, 0) is 56.4 Å². The van der Waals surface area contributed by atoms with Gasteiger partial charge in [-0.2, -0.15) is 0 Å². The molecule has 2 heterocycles. The molecule has 3 atom stereocenters. The van der Waals surface area contributed by atoms with Gasteiger partial charge in [0.05, 0.1) is 12.6 Å². The lowest BCUT2D eigenvalue weighted by Gasteiger charge is -2.42. The van der Waals surface area contributed by atoms with Crippen molar-refractivity contribution in [2.24, 2.45) is 0 Å². The average Bonchev–Trinajstić information content (AvgIpc) is 3.70. The highest BCUT2D eigenvalue weighted by Crippen LogP contribution is 2.40. The maximum Gasteiger partial charge on any atom is 0.315 e. The minimum absolute atomic E-state index is 0.111. The summed E-state index contributed by atoms with van der Waals surface area (Å²) >= 11 is 0. The number of aromatic nitrogens is 1. The molecule has 1 aromatic heterocycles. The molecule has 1 aliphatic heterocycles. The molecule has 4 N–H and O–H groups in total. The molecule has 6 rings (SSSR count). The molecule has 1 aliphatic carbocycles. The standard InChI is InChI=1S/C37H44N4O4/c1-35(2)44-24-31(32(45-35)26-14-6-4-7-15-26)40-33(42)36(3,22-27-23-38-30-19-11-10-18-29(27)30)41-34(43)39-25-37(20-12-13-21-37)28-16-8-5-9-17-28/h4-11,14-19,23,31-32,38H,12-13,20-22,24-25H2,1-3H3,(H,40,42)(H2,39,41,43). The second-order valence-corrected chi connectivity index (χ2v) is 13.3. The lowest BCUT2D eigenvalue weighted by molar-refractivity contribution is -0.285. The number of aromatic amines is 1. The van der Waals surface area contributed by atoms with E-state index >= 15 is 0 Å². The van der Waals surface area contributed by atoms with Crippen molar-refractivity contribution >= 4 is 22.8 Å². The van der Waals surface area contributed by atoms with E-state index in [0.717, 1.165) is 47.7 Å². The molecule has 2 fully saturated rings. The van der Waals surface area contributed by atoms with Crippen LogP contribution in [0.15, 0.2) is 91.1 Å². The van der Waals surface area contributed by atoms with Gasteiger partial charge in [0.2, 0.25) is 5.91 Å². The number of amides is 3. The van der Waals surface area contributed by atoms with E-state index in [0.29, 0.717) is 6.54 Å². The molecule has 236 valence electrons. The van der Waals surface area contributed by atoms with Crippen LogP contribution in [0.4, 0.5) is 4.79 Å². The third-order valence-corrected chi connectivity index (χ3v) is 9.47. The fraction of sp³-hybridized carbons (Fsp3) is 0.405. The van der Waals surface area contributed by atoms with Crippen LogP contribution in [0.3, 0.4) is 0 Å². The van der Waals surface area contributed by atoms with Crippen molar-refractivity contribution < 1.29 is 19.1 Å². The highest BCUT2D eigenvalue weighted by molar-refractivity contribution is 5.92. The van der Waals surface area contributed by atoms with E-state index in [-0.39, 0.29) is 30.4 Å². The number of urea groups is 1. The van der Waals surface area contributed by atoms with E-state index in [1.54, 1.807) is 6.92 Å². The Bertz CT molecular complexity index is 1610. The van der Waals surface area contributed by atoms with Crippen LogP contribution in [-0.4, -0.2) is 47.4 Å². The molecule has 3 unspecified atom stereocenters. The van der Waals surface area contributed by atoms with Crippen LogP contribution in [0.1, 0.15) is 69.2 Å². The number of benzene rings is 3. The maximum atomic E-state index is 14.3. The van der Waals surface area contributed by atoms with Crippen LogP contribution in [-0.2, 0) is 26.1 Å². The summed E-state index contributed by atoms with van der Waals surface area (Å²) in [6.45, 7) is 6.32. The van der Waals surface area contributed by atoms with Crippen LogP contribution >= 0.6 is 0 Å². The molecule has 1 saturated carbocycles. The van der Waals surface area contributed by atoms with Crippen molar-refractivity contribution in [1.29, 1.82) is 0 Å². The number of hydrogen-bond donors (Lipinski definition) is 4. The Morgan fingerprint density at radius 3 is 2.33 bits per heavy atom. The summed E-state index contributed by atoms with van der Waals surface area (Å²) in [5, 5.41) is 10.5. The summed E-state index contributed by atoms with van der Waals surface area (Å²) in [6.07, 6.45) is 6.08. The van der Waals surface area contributed by atoms with Crippen molar-refractivity contribution in [1.82, 2.24) is 20.9 Å². The van der Waals surface area contributed by atoms with Gasteiger partial charge in [0, 0.05) is 35.5 Å². The first-order valence-corrected chi connectivity index (χ1v) is 16.0. The number of H-pyrrole nitrogens is 1. The van der Waals surface area contributed by atoms with Crippen LogP contribution in [0, 0.1) is 0 Å². The van der Waals surface area contributed by atoms with E-state index in [1.807, 2.05) is 80.7 Å². The van der Waals surface area contributed by atoms with Crippen LogP contribution in [0.5, 0.6) is 0 Å². The number of para-hydroxylation sites is 1. The molecule has 45 heavy (non-hydrogen) atoms. The largest absolute Gasteiger partial charge is 0.361 e. The molecule has 1 saturated heterocycles. The lowest BCUT2D eigenvalue weighted by Crippen LogP contribution is -2.64. The predicted molar refractivity (Wildman–Crippen MR) is 176 cm³/mol. The third kappa shape index (κ3) is 6.77. The number of rotatable bonds is 9. The van der Waals surface area contributed by atoms with E-state index in [4.69, 9.17) is 9.47 Å². The monoisotopic (exact) mass is 608 g/mol. The summed E-state index contributed by atoms with van der Waals surface area (Å²) in [5.41, 5.74) is 2.72. The fourth-order valence-electron chi connectivity index (χ4n) is 6.98. The molecule has 0 bridgehead atoms. The minimum atomic E-state index is -1.28. The van der Waals surface area contributed by atoms with E-state index in [9.17, 15) is 9.59 Å². The van der Waals surface area contributed by atoms with Gasteiger partial charge in [0.1, 0.15) is 11.6 Å². The SMILES string of the molecule is CC1(C)OCC(NC(=O)C(C)(Cc2c[nH]c3ccccc23)NC(=O)NCC2(c3ccccc3)CCCC2)C(c2ccccc2)O1. The Hall–Kier alpha value is -4.14. The zero-order valence-corrected chi connectivity index (χ0v) is 26.4. The topological polar surface area (TPSA) is 104 Å². The number of ether oxygens (including phenoxy) is 2. The van der Waals surface area contributed by atoms with Gasteiger partial charge in [-0.15, -0.1) is 0 Å². The summed E-state index contributed by atoms with van der Waals surface area (Å²) in [7, 11) is 0. The second-order valence-electron chi connectivity index (χ2n) is 13.3. The van der Waals surface area contributed by atoms with E-state index in [1.165, 1.54) is 5.56 Å². The van der Waals surface area contributed by atoms with Gasteiger partial charge in [0.25, 0.3) is 0 Å². The molecule has 0 spiro atoms. The first-order valence-electron chi connectivity index (χ1n) is 16.0. The molecule has 2 aliphatic rings. The van der Waals surface area contributed by atoms with Crippen LogP contribution < -0.4 is 16.0 Å². The van der Waals surface area contributed by atoms with Crippen molar-refractivity contribution in [3.63, 3.8) is 0 Å². The summed E-state index contributed by atoms with van der Waals surface area (Å²) in [5.74, 6) is -1.11. The Morgan fingerprint density at radius 2 is 1.60 bits per heavy atom. The Labute approximate surface area is 265 Å². The van der Waals surface area contributed by atoms with Crippen molar-refractivity contribution in [2.75, 3.05) is 13.2 Å². The van der Waals surface area contributed by atoms with Gasteiger partial charge in [0.15, 0.2) is 5.79 Å². The van der Waals surface area contributed by atoms with Gasteiger partial charge in [-0.1, -0.05) is 91.7 Å². The maximum absolute atomic E-state index is 14.3. The van der Waals surface area contributed by atoms with Crippen molar-refractivity contribution in [3.05, 3.63) is 108 Å². The molecule has 0 radical (unpaired) electrons. The third-order valence-electron chi connectivity index (χ3n) is 9.47.